The molecule has 1 atom stereocenters. The van der Waals surface area contributed by atoms with Gasteiger partial charge in [-0.2, -0.15) is 0 Å². The van der Waals surface area contributed by atoms with Crippen molar-refractivity contribution in [2.75, 3.05) is 18.1 Å². The van der Waals surface area contributed by atoms with Gasteiger partial charge in [0.1, 0.15) is 5.75 Å². The molecule has 0 aromatic heterocycles. The first-order chi connectivity index (χ1) is 13.7. The largest absolute Gasteiger partial charge is 0.493 e. The van der Waals surface area contributed by atoms with Gasteiger partial charge in [-0.25, -0.2) is 8.42 Å². The Morgan fingerprint density at radius 1 is 1.21 bits per heavy atom. The molecule has 156 valence electrons. The van der Waals surface area contributed by atoms with Crippen molar-refractivity contribution in [2.45, 2.75) is 32.9 Å². The van der Waals surface area contributed by atoms with Gasteiger partial charge in [0.2, 0.25) is 0 Å². The summed E-state index contributed by atoms with van der Waals surface area (Å²) in [6.07, 6.45) is 0.470. The van der Waals surface area contributed by atoms with E-state index in [-0.39, 0.29) is 23.5 Å². The van der Waals surface area contributed by atoms with Crippen LogP contribution in [0.5, 0.6) is 5.75 Å². The molecule has 5 nitrogen and oxygen atoms in total. The van der Waals surface area contributed by atoms with Crippen LogP contribution in [0.2, 0.25) is 0 Å². The lowest BCUT2D eigenvalue weighted by Gasteiger charge is -2.28. The number of rotatable bonds is 7. The second kappa shape index (κ2) is 9.30. The fourth-order valence-electron chi connectivity index (χ4n) is 3.34. The molecule has 1 aliphatic heterocycles. The Kier molecular flexibility index (Phi) is 7.01. The van der Waals surface area contributed by atoms with Gasteiger partial charge >= 0.3 is 0 Å². The van der Waals surface area contributed by atoms with E-state index in [9.17, 15) is 13.2 Å². The third kappa shape index (κ3) is 6.06. The first-order valence-corrected chi connectivity index (χ1v) is 12.3. The van der Waals surface area contributed by atoms with Crippen LogP contribution in [0.1, 0.15) is 36.2 Å². The minimum absolute atomic E-state index is 0.0162. The number of carbonyl (C=O) groups is 1. The predicted octanol–water partition coefficient (Wildman–Crippen LogP) is 4.31. The summed E-state index contributed by atoms with van der Waals surface area (Å²) in [6.45, 7) is 5.13. The molecule has 2 aromatic carbocycles. The zero-order valence-electron chi connectivity index (χ0n) is 16.7. The second-order valence-corrected chi connectivity index (χ2v) is 11.0. The normalized spacial score (nSPS) is 18.0. The van der Waals surface area contributed by atoms with E-state index in [0.717, 1.165) is 15.8 Å². The van der Waals surface area contributed by atoms with E-state index in [4.69, 9.17) is 4.74 Å². The van der Waals surface area contributed by atoms with Crippen molar-refractivity contribution < 1.29 is 17.9 Å². The minimum atomic E-state index is -3.10. The van der Waals surface area contributed by atoms with E-state index in [1.807, 2.05) is 24.3 Å². The van der Waals surface area contributed by atoms with Gasteiger partial charge in [0.25, 0.3) is 5.91 Å². The monoisotopic (exact) mass is 479 g/mol. The molecule has 1 heterocycles. The minimum Gasteiger partial charge on any atom is -0.493 e. The SMILES string of the molecule is CC(C)COc1ccc(C(=O)N(Cc2cccc(Br)c2)C2CCS(=O)(=O)C2)cc1. The van der Waals surface area contributed by atoms with Crippen LogP contribution in [0.3, 0.4) is 0 Å². The third-order valence-corrected chi connectivity index (χ3v) is 7.08. The molecule has 1 amide bonds. The van der Waals surface area contributed by atoms with E-state index >= 15 is 0 Å². The van der Waals surface area contributed by atoms with Crippen LogP contribution >= 0.6 is 15.9 Å². The van der Waals surface area contributed by atoms with Crippen molar-refractivity contribution in [2.24, 2.45) is 5.92 Å². The highest BCUT2D eigenvalue weighted by Crippen LogP contribution is 2.24. The van der Waals surface area contributed by atoms with Gasteiger partial charge < -0.3 is 9.64 Å². The molecule has 7 heteroatoms. The van der Waals surface area contributed by atoms with Gasteiger partial charge in [-0.3, -0.25) is 4.79 Å². The molecule has 1 saturated heterocycles. The Hall–Kier alpha value is -1.86. The predicted molar refractivity (Wildman–Crippen MR) is 118 cm³/mol. The first-order valence-electron chi connectivity index (χ1n) is 9.72. The van der Waals surface area contributed by atoms with Gasteiger partial charge in [0, 0.05) is 22.6 Å². The van der Waals surface area contributed by atoms with Crippen molar-refractivity contribution >= 4 is 31.7 Å². The van der Waals surface area contributed by atoms with Crippen LogP contribution in [0.4, 0.5) is 0 Å². The molecule has 3 rings (SSSR count). The van der Waals surface area contributed by atoms with Gasteiger partial charge in [0.15, 0.2) is 9.84 Å². The maximum Gasteiger partial charge on any atom is 0.254 e. The Bertz CT molecular complexity index is 957. The van der Waals surface area contributed by atoms with Crippen LogP contribution in [-0.4, -0.2) is 43.4 Å². The topological polar surface area (TPSA) is 63.7 Å². The molecule has 0 radical (unpaired) electrons. The quantitative estimate of drug-likeness (QED) is 0.593. The number of benzene rings is 2. The lowest BCUT2D eigenvalue weighted by molar-refractivity contribution is 0.0681. The summed E-state index contributed by atoms with van der Waals surface area (Å²) in [5.74, 6) is 1.12. The molecule has 1 aliphatic rings. The zero-order chi connectivity index (χ0) is 21.0. The molecule has 1 unspecified atom stereocenters. The van der Waals surface area contributed by atoms with Crippen LogP contribution in [0, 0.1) is 5.92 Å². The number of halogens is 1. The van der Waals surface area contributed by atoms with E-state index in [1.54, 1.807) is 29.2 Å². The Balaban J connectivity index is 1.82. The summed E-state index contributed by atoms with van der Waals surface area (Å²) in [5, 5.41) is 0. The molecule has 0 aliphatic carbocycles. The van der Waals surface area contributed by atoms with Crippen LogP contribution in [0.25, 0.3) is 0 Å². The summed E-state index contributed by atoms with van der Waals surface area (Å²) >= 11 is 3.46. The fourth-order valence-corrected chi connectivity index (χ4v) is 5.52. The molecule has 0 spiro atoms. The molecular weight excluding hydrogens is 454 g/mol. The average molecular weight is 480 g/mol. The molecular formula is C22H26BrNO4S. The van der Waals surface area contributed by atoms with Crippen LogP contribution in [-0.2, 0) is 16.4 Å². The molecule has 29 heavy (non-hydrogen) atoms. The van der Waals surface area contributed by atoms with Gasteiger partial charge in [0.05, 0.1) is 18.1 Å². The lowest BCUT2D eigenvalue weighted by Crippen LogP contribution is -2.40. The number of hydrogen-bond acceptors (Lipinski definition) is 4. The van der Waals surface area contributed by atoms with Crippen LogP contribution < -0.4 is 4.74 Å². The van der Waals surface area contributed by atoms with E-state index in [0.29, 0.717) is 31.1 Å². The van der Waals surface area contributed by atoms with Crippen molar-refractivity contribution in [1.82, 2.24) is 4.90 Å². The highest BCUT2D eigenvalue weighted by atomic mass is 79.9. The number of carbonyl (C=O) groups excluding carboxylic acids is 1. The highest BCUT2D eigenvalue weighted by molar-refractivity contribution is 9.10. The number of ether oxygens (including phenoxy) is 1. The summed E-state index contributed by atoms with van der Waals surface area (Å²) < 4.78 is 30.7. The average Bonchev–Trinajstić information content (AvgIpc) is 3.04. The first kappa shape index (κ1) is 21.8. The van der Waals surface area contributed by atoms with E-state index in [1.165, 1.54) is 0 Å². The maximum absolute atomic E-state index is 13.3. The zero-order valence-corrected chi connectivity index (χ0v) is 19.1. The summed E-state index contributed by atoms with van der Waals surface area (Å²) in [4.78, 5) is 15.0. The maximum atomic E-state index is 13.3. The van der Waals surface area contributed by atoms with Crippen molar-refractivity contribution in [1.29, 1.82) is 0 Å². The number of nitrogens with zero attached hydrogens (tertiary/aromatic N) is 1. The lowest BCUT2D eigenvalue weighted by atomic mass is 10.1. The molecule has 2 aromatic rings. The standard InChI is InChI=1S/C22H26BrNO4S/c1-16(2)14-28-21-8-6-18(7-9-21)22(25)24(20-10-11-29(26,27)15-20)13-17-4-3-5-19(23)12-17/h3-9,12,16,20H,10-11,13-15H2,1-2H3. The van der Waals surface area contributed by atoms with Gasteiger partial charge in [-0.15, -0.1) is 0 Å². The third-order valence-electron chi connectivity index (χ3n) is 4.84. The molecule has 0 saturated carbocycles. The molecule has 1 fully saturated rings. The van der Waals surface area contributed by atoms with Crippen LogP contribution in [0.15, 0.2) is 53.0 Å². The fraction of sp³-hybridized carbons (Fsp3) is 0.409. The van der Waals surface area contributed by atoms with E-state index in [2.05, 4.69) is 29.8 Å². The Morgan fingerprint density at radius 3 is 2.52 bits per heavy atom. The number of sulfone groups is 1. The molecule has 0 bridgehead atoms. The second-order valence-electron chi connectivity index (χ2n) is 7.85. The van der Waals surface area contributed by atoms with Gasteiger partial charge in [-0.05, 0) is 54.3 Å². The smallest absolute Gasteiger partial charge is 0.254 e. The van der Waals surface area contributed by atoms with Crippen molar-refractivity contribution in [3.05, 3.63) is 64.1 Å². The summed E-state index contributed by atoms with van der Waals surface area (Å²) in [6, 6.07) is 14.5. The highest BCUT2D eigenvalue weighted by Gasteiger charge is 2.35. The number of hydrogen-bond donors (Lipinski definition) is 0. The van der Waals surface area contributed by atoms with Crippen molar-refractivity contribution in [3.63, 3.8) is 0 Å². The molecule has 0 N–H and O–H groups in total. The van der Waals surface area contributed by atoms with Crippen molar-refractivity contribution in [3.8, 4) is 5.75 Å². The summed E-state index contributed by atoms with van der Waals surface area (Å²) in [5.41, 5.74) is 1.48. The van der Waals surface area contributed by atoms with Gasteiger partial charge in [-0.1, -0.05) is 41.9 Å². The van der Waals surface area contributed by atoms with E-state index < -0.39 is 9.84 Å². The Labute approximate surface area is 181 Å². The number of amides is 1. The summed E-state index contributed by atoms with van der Waals surface area (Å²) in [7, 11) is -3.10. The Morgan fingerprint density at radius 2 is 1.93 bits per heavy atom.